The number of furan rings is 1. The van der Waals surface area contributed by atoms with E-state index in [0.29, 0.717) is 0 Å². The van der Waals surface area contributed by atoms with Crippen molar-refractivity contribution in [3.05, 3.63) is 158 Å². The highest BCUT2D eigenvalue weighted by molar-refractivity contribution is 6.15. The van der Waals surface area contributed by atoms with Crippen LogP contribution in [0.5, 0.6) is 0 Å². The molecule has 9 aromatic rings. The molecule has 8 aromatic carbocycles. The molecule has 9 rings (SSSR count). The van der Waals surface area contributed by atoms with Crippen LogP contribution >= 0.6 is 0 Å². The molecule has 0 aliphatic rings. The van der Waals surface area contributed by atoms with Crippen molar-refractivity contribution in [3.63, 3.8) is 0 Å². The summed E-state index contributed by atoms with van der Waals surface area (Å²) in [7, 11) is 0. The second-order valence-electron chi connectivity index (χ2n) is 11.3. The molecular weight excluding hydrogens is 520 g/mol. The van der Waals surface area contributed by atoms with Crippen LogP contribution in [0.3, 0.4) is 0 Å². The quantitative estimate of drug-likeness (QED) is 0.201. The molecule has 0 radical (unpaired) electrons. The number of benzene rings is 8. The highest BCUT2D eigenvalue weighted by Gasteiger charge is 2.15. The van der Waals surface area contributed by atoms with Crippen LogP contribution in [0.15, 0.2) is 162 Å². The van der Waals surface area contributed by atoms with Gasteiger partial charge in [0.25, 0.3) is 0 Å². The fourth-order valence-corrected chi connectivity index (χ4v) is 6.74. The molecule has 0 saturated carbocycles. The fourth-order valence-electron chi connectivity index (χ4n) is 6.74. The van der Waals surface area contributed by atoms with Gasteiger partial charge in [-0.25, -0.2) is 0 Å². The fraction of sp³-hybridized carbons (Fsp3) is 0. The normalized spacial score (nSPS) is 11.7. The maximum Gasteiger partial charge on any atom is 0.135 e. The molecule has 1 aromatic heterocycles. The molecule has 43 heavy (non-hydrogen) atoms. The van der Waals surface area contributed by atoms with Gasteiger partial charge in [0.2, 0.25) is 0 Å². The van der Waals surface area contributed by atoms with Gasteiger partial charge in [0, 0.05) is 10.8 Å². The second kappa shape index (κ2) is 9.44. The van der Waals surface area contributed by atoms with Crippen LogP contribution in [-0.2, 0) is 0 Å². The van der Waals surface area contributed by atoms with Gasteiger partial charge in [0.15, 0.2) is 0 Å². The Balaban J connectivity index is 1.27. The zero-order chi connectivity index (χ0) is 28.3. The van der Waals surface area contributed by atoms with Gasteiger partial charge in [-0.15, -0.1) is 0 Å². The van der Waals surface area contributed by atoms with E-state index in [2.05, 4.69) is 158 Å². The largest absolute Gasteiger partial charge is 0.456 e. The first-order valence-corrected chi connectivity index (χ1v) is 14.8. The monoisotopic (exact) mass is 546 g/mol. The van der Waals surface area contributed by atoms with E-state index < -0.39 is 0 Å². The maximum absolute atomic E-state index is 6.38. The van der Waals surface area contributed by atoms with Crippen LogP contribution in [-0.4, -0.2) is 0 Å². The zero-order valence-corrected chi connectivity index (χ0v) is 23.4. The lowest BCUT2D eigenvalue weighted by molar-refractivity contribution is 0.669. The smallest absolute Gasteiger partial charge is 0.135 e. The van der Waals surface area contributed by atoms with E-state index in [-0.39, 0.29) is 0 Å². The van der Waals surface area contributed by atoms with Gasteiger partial charge in [-0.3, -0.25) is 0 Å². The Bertz CT molecular complexity index is 2500. The summed E-state index contributed by atoms with van der Waals surface area (Å²) < 4.78 is 6.38. The summed E-state index contributed by atoms with van der Waals surface area (Å²) in [5.41, 5.74) is 9.09. The summed E-state index contributed by atoms with van der Waals surface area (Å²) in [5.74, 6) is 0. The highest BCUT2D eigenvalue weighted by atomic mass is 16.3. The van der Waals surface area contributed by atoms with Gasteiger partial charge in [-0.05, 0) is 108 Å². The number of fused-ring (bicyclic) bond motifs is 7. The first kappa shape index (κ1) is 24.0. The van der Waals surface area contributed by atoms with Crippen LogP contribution in [0.25, 0.3) is 87.6 Å². The Morgan fingerprint density at radius 3 is 1.44 bits per heavy atom. The van der Waals surface area contributed by atoms with E-state index >= 15 is 0 Å². The summed E-state index contributed by atoms with van der Waals surface area (Å²) in [4.78, 5) is 0. The van der Waals surface area contributed by atoms with Crippen molar-refractivity contribution in [1.29, 1.82) is 0 Å². The summed E-state index contributed by atoms with van der Waals surface area (Å²) in [6.07, 6.45) is 0. The number of hydrogen-bond acceptors (Lipinski definition) is 1. The van der Waals surface area contributed by atoms with Crippen molar-refractivity contribution in [2.24, 2.45) is 0 Å². The van der Waals surface area contributed by atoms with Crippen molar-refractivity contribution in [1.82, 2.24) is 0 Å². The molecule has 1 nitrogen and oxygen atoms in total. The molecular formula is C42H26O. The van der Waals surface area contributed by atoms with E-state index in [1.54, 1.807) is 0 Å². The van der Waals surface area contributed by atoms with Crippen LogP contribution in [0.1, 0.15) is 0 Å². The third kappa shape index (κ3) is 3.86. The van der Waals surface area contributed by atoms with E-state index in [9.17, 15) is 0 Å². The zero-order valence-electron chi connectivity index (χ0n) is 23.4. The Labute approximate surface area is 249 Å². The molecule has 1 heterocycles. The van der Waals surface area contributed by atoms with Crippen LogP contribution in [0.2, 0.25) is 0 Å². The SMILES string of the molecule is c1ccc(-c2cc3ccccc3cc2-c2ccc3oc4ccc(-c5cc6ccccc6c6ccccc56)cc4c3c2)cc1. The molecule has 0 saturated heterocycles. The molecule has 0 amide bonds. The predicted molar refractivity (Wildman–Crippen MR) is 183 cm³/mol. The number of hydrogen-bond donors (Lipinski definition) is 0. The van der Waals surface area contributed by atoms with Gasteiger partial charge in [0.05, 0.1) is 0 Å². The lowest BCUT2D eigenvalue weighted by atomic mass is 9.90. The Morgan fingerprint density at radius 2 is 0.767 bits per heavy atom. The van der Waals surface area contributed by atoms with Crippen molar-refractivity contribution < 1.29 is 4.42 Å². The van der Waals surface area contributed by atoms with E-state index in [4.69, 9.17) is 4.42 Å². The van der Waals surface area contributed by atoms with Gasteiger partial charge >= 0.3 is 0 Å². The van der Waals surface area contributed by atoms with Crippen molar-refractivity contribution >= 4 is 54.3 Å². The molecule has 0 aliphatic heterocycles. The molecule has 0 fully saturated rings. The summed E-state index contributed by atoms with van der Waals surface area (Å²) >= 11 is 0. The third-order valence-electron chi connectivity index (χ3n) is 8.83. The minimum Gasteiger partial charge on any atom is -0.456 e. The molecule has 0 bridgehead atoms. The second-order valence-corrected chi connectivity index (χ2v) is 11.3. The molecule has 200 valence electrons. The van der Waals surface area contributed by atoms with E-state index in [1.165, 1.54) is 65.7 Å². The summed E-state index contributed by atoms with van der Waals surface area (Å²) in [6, 6.07) is 56.9. The first-order chi connectivity index (χ1) is 21.3. The standard InChI is InChI=1S/C42H26O/c1-2-10-27(11-3-1)36-22-28-12-4-5-13-29(28)23-38(36)32-19-21-42-40(26-32)39-25-31(18-20-41(39)43-42)37-24-30-14-6-7-15-33(30)34-16-8-9-17-35(34)37/h1-26H. The van der Waals surface area contributed by atoms with Crippen LogP contribution in [0.4, 0.5) is 0 Å². The van der Waals surface area contributed by atoms with Gasteiger partial charge in [0.1, 0.15) is 11.2 Å². The first-order valence-electron chi connectivity index (χ1n) is 14.8. The Hall–Kier alpha value is -5.66. The minimum atomic E-state index is 0.904. The topological polar surface area (TPSA) is 13.1 Å². The van der Waals surface area contributed by atoms with E-state index in [0.717, 1.165) is 21.9 Å². The Morgan fingerprint density at radius 1 is 0.279 bits per heavy atom. The lowest BCUT2D eigenvalue weighted by Gasteiger charge is -2.13. The van der Waals surface area contributed by atoms with Crippen molar-refractivity contribution in [2.75, 3.05) is 0 Å². The average molecular weight is 547 g/mol. The van der Waals surface area contributed by atoms with Gasteiger partial charge in [-0.2, -0.15) is 0 Å². The van der Waals surface area contributed by atoms with Crippen LogP contribution < -0.4 is 0 Å². The van der Waals surface area contributed by atoms with Gasteiger partial charge in [-0.1, -0.05) is 115 Å². The molecule has 0 atom stereocenters. The minimum absolute atomic E-state index is 0.904. The average Bonchev–Trinajstić information content (AvgIpc) is 3.45. The molecule has 0 aliphatic carbocycles. The van der Waals surface area contributed by atoms with Crippen molar-refractivity contribution in [3.8, 4) is 33.4 Å². The third-order valence-corrected chi connectivity index (χ3v) is 8.83. The van der Waals surface area contributed by atoms with Crippen LogP contribution in [0, 0.1) is 0 Å². The Kier molecular flexibility index (Phi) is 5.27. The molecule has 0 unspecified atom stereocenters. The van der Waals surface area contributed by atoms with E-state index in [1.807, 2.05) is 0 Å². The number of rotatable bonds is 3. The van der Waals surface area contributed by atoms with Gasteiger partial charge < -0.3 is 4.42 Å². The molecule has 0 spiro atoms. The summed E-state index contributed by atoms with van der Waals surface area (Å²) in [5, 5.41) is 9.82. The van der Waals surface area contributed by atoms with Crippen molar-refractivity contribution in [2.45, 2.75) is 0 Å². The summed E-state index contributed by atoms with van der Waals surface area (Å²) in [6.45, 7) is 0. The highest BCUT2D eigenvalue weighted by Crippen LogP contribution is 2.41. The lowest BCUT2D eigenvalue weighted by Crippen LogP contribution is -1.87. The maximum atomic E-state index is 6.38. The predicted octanol–water partition coefficient (Wildman–Crippen LogP) is 12.0. The molecule has 0 N–H and O–H groups in total. The molecule has 1 heteroatoms.